The molecule has 1 atom stereocenters. The van der Waals surface area contributed by atoms with Gasteiger partial charge in [-0.1, -0.05) is 43.8 Å². The average molecular weight is 255 g/mol. The molecule has 1 unspecified atom stereocenters. The van der Waals surface area contributed by atoms with Gasteiger partial charge in [0.1, 0.15) is 5.76 Å². The first-order chi connectivity index (χ1) is 9.16. The van der Waals surface area contributed by atoms with Crippen LogP contribution in [0.25, 0.3) is 5.70 Å². The molecule has 0 aliphatic heterocycles. The van der Waals surface area contributed by atoms with E-state index in [9.17, 15) is 4.79 Å². The summed E-state index contributed by atoms with van der Waals surface area (Å²) in [4.78, 5) is 12.0. The third-order valence-corrected chi connectivity index (χ3v) is 2.93. The maximum Gasteiger partial charge on any atom is 0.227 e. The van der Waals surface area contributed by atoms with Crippen molar-refractivity contribution in [3.8, 4) is 0 Å². The first-order valence-electron chi connectivity index (χ1n) is 6.24. The fourth-order valence-corrected chi connectivity index (χ4v) is 1.81. The Morgan fingerprint density at radius 3 is 2.63 bits per heavy atom. The van der Waals surface area contributed by atoms with Crippen LogP contribution < -0.4 is 5.32 Å². The molecule has 1 heterocycles. The van der Waals surface area contributed by atoms with E-state index in [0.29, 0.717) is 12.1 Å². The molecule has 98 valence electrons. The van der Waals surface area contributed by atoms with Crippen molar-refractivity contribution in [1.29, 1.82) is 0 Å². The van der Waals surface area contributed by atoms with Gasteiger partial charge in [0, 0.05) is 18.0 Å². The zero-order chi connectivity index (χ0) is 13.7. The Kier molecular flexibility index (Phi) is 4.18. The van der Waals surface area contributed by atoms with E-state index in [-0.39, 0.29) is 11.8 Å². The summed E-state index contributed by atoms with van der Waals surface area (Å²) in [6.45, 7) is 5.76. The molecule has 19 heavy (non-hydrogen) atoms. The molecule has 0 spiro atoms. The summed E-state index contributed by atoms with van der Waals surface area (Å²) in [5.41, 5.74) is 1.54. The van der Waals surface area contributed by atoms with E-state index in [4.69, 9.17) is 4.42 Å². The van der Waals surface area contributed by atoms with Gasteiger partial charge in [-0.15, -0.1) is 0 Å². The van der Waals surface area contributed by atoms with E-state index < -0.39 is 0 Å². The summed E-state index contributed by atoms with van der Waals surface area (Å²) in [5, 5.41) is 2.83. The van der Waals surface area contributed by atoms with E-state index in [1.165, 1.54) is 0 Å². The highest BCUT2D eigenvalue weighted by Crippen LogP contribution is 2.12. The summed E-state index contributed by atoms with van der Waals surface area (Å²) in [6, 6.07) is 13.3. The number of hydrogen-bond acceptors (Lipinski definition) is 2. The minimum Gasteiger partial charge on any atom is -0.469 e. The molecule has 2 aromatic rings. The molecule has 0 radical (unpaired) electrons. The van der Waals surface area contributed by atoms with Gasteiger partial charge in [-0.25, -0.2) is 0 Å². The zero-order valence-corrected chi connectivity index (χ0v) is 10.9. The number of amides is 1. The first-order valence-corrected chi connectivity index (χ1v) is 6.24. The van der Waals surface area contributed by atoms with E-state index in [2.05, 4.69) is 11.9 Å². The predicted octanol–water partition coefficient (Wildman–Crippen LogP) is 3.25. The van der Waals surface area contributed by atoms with Gasteiger partial charge < -0.3 is 9.73 Å². The lowest BCUT2D eigenvalue weighted by atomic mass is 10.0. The highest BCUT2D eigenvalue weighted by molar-refractivity contribution is 5.87. The standard InChI is InChI=1S/C16H17NO2/c1-12(11-15-9-6-10-19-15)16(18)17-13(2)14-7-4-3-5-8-14/h3-10,12H,2,11H2,1H3,(H,17,18). The van der Waals surface area contributed by atoms with E-state index in [0.717, 1.165) is 11.3 Å². The number of furan rings is 1. The van der Waals surface area contributed by atoms with Crippen LogP contribution in [0.5, 0.6) is 0 Å². The fraction of sp³-hybridized carbons (Fsp3) is 0.188. The van der Waals surface area contributed by atoms with E-state index in [1.807, 2.05) is 49.4 Å². The van der Waals surface area contributed by atoms with Crippen molar-refractivity contribution in [2.75, 3.05) is 0 Å². The van der Waals surface area contributed by atoms with Crippen molar-refractivity contribution in [3.05, 3.63) is 66.6 Å². The quantitative estimate of drug-likeness (QED) is 0.891. The van der Waals surface area contributed by atoms with Crippen LogP contribution in [0.15, 0.2) is 59.7 Å². The first kappa shape index (κ1) is 13.1. The second-order valence-corrected chi connectivity index (χ2v) is 4.52. The average Bonchev–Trinajstić information content (AvgIpc) is 2.92. The van der Waals surface area contributed by atoms with Crippen molar-refractivity contribution >= 4 is 11.6 Å². The summed E-state index contributed by atoms with van der Waals surface area (Å²) < 4.78 is 5.24. The summed E-state index contributed by atoms with van der Waals surface area (Å²) in [7, 11) is 0. The minimum atomic E-state index is -0.161. The van der Waals surface area contributed by atoms with Crippen molar-refractivity contribution in [2.24, 2.45) is 5.92 Å². The summed E-state index contributed by atoms with van der Waals surface area (Å²) in [6.07, 6.45) is 2.20. The maximum atomic E-state index is 12.0. The molecule has 1 aromatic carbocycles. The molecule has 1 amide bonds. The monoisotopic (exact) mass is 255 g/mol. The molecule has 2 rings (SSSR count). The Hall–Kier alpha value is -2.29. The largest absolute Gasteiger partial charge is 0.469 e. The number of carbonyl (C=O) groups excluding carboxylic acids is 1. The molecule has 3 nitrogen and oxygen atoms in total. The lowest BCUT2D eigenvalue weighted by molar-refractivity contribution is -0.123. The van der Waals surface area contributed by atoms with Gasteiger partial charge in [-0.3, -0.25) is 4.79 Å². The van der Waals surface area contributed by atoms with Crippen molar-refractivity contribution in [1.82, 2.24) is 5.32 Å². The second kappa shape index (κ2) is 6.05. The van der Waals surface area contributed by atoms with Gasteiger partial charge in [0.05, 0.1) is 6.26 Å². The van der Waals surface area contributed by atoms with Crippen LogP contribution in [0.2, 0.25) is 0 Å². The van der Waals surface area contributed by atoms with Crippen LogP contribution in [0.1, 0.15) is 18.2 Å². The van der Waals surface area contributed by atoms with E-state index in [1.54, 1.807) is 6.26 Å². The van der Waals surface area contributed by atoms with Crippen molar-refractivity contribution < 1.29 is 9.21 Å². The molecule has 0 saturated carbocycles. The van der Waals surface area contributed by atoms with E-state index >= 15 is 0 Å². The molecule has 3 heteroatoms. The highest BCUT2D eigenvalue weighted by atomic mass is 16.3. The molecule has 0 aliphatic carbocycles. The number of nitrogens with one attached hydrogen (secondary N) is 1. The van der Waals surface area contributed by atoms with Crippen LogP contribution in [-0.4, -0.2) is 5.91 Å². The summed E-state index contributed by atoms with van der Waals surface area (Å²) >= 11 is 0. The smallest absolute Gasteiger partial charge is 0.227 e. The Morgan fingerprint density at radius 2 is 2.00 bits per heavy atom. The lowest BCUT2D eigenvalue weighted by Crippen LogP contribution is -2.28. The number of rotatable bonds is 5. The summed E-state index contributed by atoms with van der Waals surface area (Å²) in [5.74, 6) is 0.602. The van der Waals surface area contributed by atoms with Gasteiger partial charge in [0.25, 0.3) is 0 Å². The number of benzene rings is 1. The third kappa shape index (κ3) is 3.58. The third-order valence-electron chi connectivity index (χ3n) is 2.93. The fourth-order valence-electron chi connectivity index (χ4n) is 1.81. The van der Waals surface area contributed by atoms with Gasteiger partial charge in [-0.05, 0) is 17.7 Å². The van der Waals surface area contributed by atoms with Crippen molar-refractivity contribution in [2.45, 2.75) is 13.3 Å². The second-order valence-electron chi connectivity index (χ2n) is 4.52. The molecule has 1 N–H and O–H groups in total. The molecule has 0 bridgehead atoms. The molecular formula is C16H17NO2. The minimum absolute atomic E-state index is 0.0507. The van der Waals surface area contributed by atoms with Crippen LogP contribution in [0.3, 0.4) is 0 Å². The Balaban J connectivity index is 1.92. The SMILES string of the molecule is C=C(NC(=O)C(C)Cc1ccco1)c1ccccc1. The number of carbonyl (C=O) groups is 1. The molecule has 0 aliphatic rings. The van der Waals surface area contributed by atoms with Crippen LogP contribution >= 0.6 is 0 Å². The Labute approximate surface area is 112 Å². The van der Waals surface area contributed by atoms with Gasteiger partial charge >= 0.3 is 0 Å². The van der Waals surface area contributed by atoms with Crippen LogP contribution in [-0.2, 0) is 11.2 Å². The molecular weight excluding hydrogens is 238 g/mol. The Morgan fingerprint density at radius 1 is 1.26 bits per heavy atom. The Bertz CT molecular complexity index is 543. The normalized spacial score (nSPS) is 11.8. The molecule has 0 fully saturated rings. The number of hydrogen-bond donors (Lipinski definition) is 1. The highest BCUT2D eigenvalue weighted by Gasteiger charge is 2.15. The lowest BCUT2D eigenvalue weighted by Gasteiger charge is -2.13. The van der Waals surface area contributed by atoms with Gasteiger partial charge in [0.2, 0.25) is 5.91 Å². The maximum absolute atomic E-state index is 12.0. The van der Waals surface area contributed by atoms with Gasteiger partial charge in [-0.2, -0.15) is 0 Å². The molecule has 1 aromatic heterocycles. The van der Waals surface area contributed by atoms with Crippen LogP contribution in [0, 0.1) is 5.92 Å². The zero-order valence-electron chi connectivity index (χ0n) is 10.9. The molecule has 0 saturated heterocycles. The van der Waals surface area contributed by atoms with Crippen LogP contribution in [0.4, 0.5) is 0 Å². The van der Waals surface area contributed by atoms with Gasteiger partial charge in [0.15, 0.2) is 0 Å². The predicted molar refractivity (Wildman–Crippen MR) is 75.2 cm³/mol. The van der Waals surface area contributed by atoms with Crippen molar-refractivity contribution in [3.63, 3.8) is 0 Å². The topological polar surface area (TPSA) is 42.2 Å².